The minimum absolute atomic E-state index is 0.0197. The highest BCUT2D eigenvalue weighted by molar-refractivity contribution is 9.10. The Hall–Kier alpha value is -1.99. The lowest BCUT2D eigenvalue weighted by atomic mass is 10.0. The fourth-order valence-electron chi connectivity index (χ4n) is 2.82. The van der Waals surface area contributed by atoms with Crippen molar-refractivity contribution in [3.63, 3.8) is 0 Å². The first kappa shape index (κ1) is 15.5. The van der Waals surface area contributed by atoms with E-state index >= 15 is 0 Å². The number of rotatable bonds is 2. The zero-order valence-electron chi connectivity index (χ0n) is 12.6. The van der Waals surface area contributed by atoms with Gasteiger partial charge in [-0.05, 0) is 49.9 Å². The number of aromatic nitrogens is 1. The number of hydrogen-bond donors (Lipinski definition) is 1. The molecule has 0 saturated heterocycles. The molecule has 0 fully saturated rings. The number of nitrogens with zero attached hydrogens (tertiary/aromatic N) is 1. The lowest BCUT2D eigenvalue weighted by molar-refractivity contribution is 0.102. The molecule has 0 bridgehead atoms. The molecule has 5 nitrogen and oxygen atoms in total. The van der Waals surface area contributed by atoms with Crippen molar-refractivity contribution in [2.45, 2.75) is 25.7 Å². The number of fused-ring (bicyclic) bond motifs is 2. The summed E-state index contributed by atoms with van der Waals surface area (Å²) in [6, 6.07) is 6.83. The largest absolute Gasteiger partial charge is 0.422 e. The van der Waals surface area contributed by atoms with Gasteiger partial charge in [-0.1, -0.05) is 15.9 Å². The Morgan fingerprint density at radius 3 is 2.92 bits per heavy atom. The third-order valence-corrected chi connectivity index (χ3v) is 5.57. The van der Waals surface area contributed by atoms with Gasteiger partial charge < -0.3 is 4.42 Å². The van der Waals surface area contributed by atoms with Crippen LogP contribution >= 0.6 is 27.3 Å². The van der Waals surface area contributed by atoms with E-state index in [4.69, 9.17) is 4.42 Å². The molecule has 122 valence electrons. The van der Waals surface area contributed by atoms with Crippen LogP contribution in [0, 0.1) is 0 Å². The maximum atomic E-state index is 12.5. The molecule has 1 aromatic carbocycles. The summed E-state index contributed by atoms with van der Waals surface area (Å²) >= 11 is 4.86. The first-order valence-corrected chi connectivity index (χ1v) is 9.24. The molecule has 2 aromatic heterocycles. The van der Waals surface area contributed by atoms with Crippen LogP contribution in [0.1, 0.15) is 33.8 Å². The molecule has 0 saturated carbocycles. The number of hydrogen-bond acceptors (Lipinski definition) is 5. The first-order chi connectivity index (χ1) is 11.6. The Balaban J connectivity index is 1.66. The van der Waals surface area contributed by atoms with E-state index in [0.717, 1.165) is 35.8 Å². The van der Waals surface area contributed by atoms with Gasteiger partial charge >= 0.3 is 5.63 Å². The predicted octanol–water partition coefficient (Wildman–Crippen LogP) is 4.14. The fraction of sp³-hybridized carbons (Fsp3) is 0.235. The summed E-state index contributed by atoms with van der Waals surface area (Å²) in [6.45, 7) is 0. The SMILES string of the molecule is O=C(Nc1nc2c(s1)CCCC2)c1cc2cc(Br)ccc2oc1=O. The summed E-state index contributed by atoms with van der Waals surface area (Å²) in [6.07, 6.45) is 4.25. The highest BCUT2D eigenvalue weighted by Gasteiger charge is 2.19. The number of carbonyl (C=O) groups is 1. The second-order valence-electron chi connectivity index (χ2n) is 5.68. The molecule has 2 heterocycles. The third-order valence-electron chi connectivity index (χ3n) is 4.00. The lowest BCUT2D eigenvalue weighted by Gasteiger charge is -2.06. The number of carbonyl (C=O) groups excluding carboxylic acids is 1. The van der Waals surface area contributed by atoms with Crippen molar-refractivity contribution in [1.82, 2.24) is 4.98 Å². The molecule has 1 aliphatic carbocycles. The predicted molar refractivity (Wildman–Crippen MR) is 96.9 cm³/mol. The average molecular weight is 405 g/mol. The van der Waals surface area contributed by atoms with E-state index in [0.29, 0.717) is 16.1 Å². The summed E-state index contributed by atoms with van der Waals surface area (Å²) in [5.74, 6) is -0.489. The second-order valence-corrected chi connectivity index (χ2v) is 7.68. The van der Waals surface area contributed by atoms with Crippen LogP contribution in [0.15, 0.2) is 37.9 Å². The monoisotopic (exact) mass is 404 g/mol. The van der Waals surface area contributed by atoms with Crippen LogP contribution in [0.5, 0.6) is 0 Å². The number of anilines is 1. The topological polar surface area (TPSA) is 72.2 Å². The van der Waals surface area contributed by atoms with Crippen LogP contribution in [0.4, 0.5) is 5.13 Å². The normalized spacial score (nSPS) is 13.7. The zero-order valence-corrected chi connectivity index (χ0v) is 15.0. The van der Waals surface area contributed by atoms with Gasteiger partial charge in [0.2, 0.25) is 0 Å². The fourth-order valence-corrected chi connectivity index (χ4v) is 4.25. The van der Waals surface area contributed by atoms with Crippen molar-refractivity contribution in [3.05, 3.63) is 55.3 Å². The van der Waals surface area contributed by atoms with Gasteiger partial charge in [-0.2, -0.15) is 0 Å². The van der Waals surface area contributed by atoms with E-state index in [1.165, 1.54) is 16.2 Å². The van der Waals surface area contributed by atoms with Gasteiger partial charge in [-0.25, -0.2) is 9.78 Å². The number of thiazole rings is 1. The second kappa shape index (κ2) is 6.14. The van der Waals surface area contributed by atoms with E-state index in [1.54, 1.807) is 24.3 Å². The average Bonchev–Trinajstić information content (AvgIpc) is 2.96. The first-order valence-electron chi connectivity index (χ1n) is 7.63. The van der Waals surface area contributed by atoms with Crippen molar-refractivity contribution >= 4 is 49.3 Å². The van der Waals surface area contributed by atoms with Crippen molar-refractivity contribution in [2.75, 3.05) is 5.32 Å². The molecule has 1 amide bonds. The Labute approximate surface area is 149 Å². The Morgan fingerprint density at radius 2 is 2.08 bits per heavy atom. The highest BCUT2D eigenvalue weighted by atomic mass is 79.9. The van der Waals surface area contributed by atoms with Gasteiger partial charge in [0.15, 0.2) is 5.13 Å². The molecule has 1 N–H and O–H groups in total. The van der Waals surface area contributed by atoms with Gasteiger partial charge in [-0.3, -0.25) is 10.1 Å². The van der Waals surface area contributed by atoms with Gasteiger partial charge in [0.25, 0.3) is 5.91 Å². The molecule has 24 heavy (non-hydrogen) atoms. The Bertz CT molecular complexity index is 985. The lowest BCUT2D eigenvalue weighted by Crippen LogP contribution is -2.20. The van der Waals surface area contributed by atoms with E-state index in [9.17, 15) is 9.59 Å². The number of aryl methyl sites for hydroxylation is 2. The standard InChI is InChI=1S/C17H13BrN2O3S/c18-10-5-6-13-9(7-10)8-11(16(22)23-13)15(21)20-17-19-12-3-1-2-4-14(12)24-17/h5-8H,1-4H2,(H,19,20,21). The van der Waals surface area contributed by atoms with E-state index in [-0.39, 0.29) is 5.56 Å². The molecule has 0 radical (unpaired) electrons. The van der Waals surface area contributed by atoms with Gasteiger partial charge in [0.1, 0.15) is 11.1 Å². The zero-order chi connectivity index (χ0) is 16.7. The van der Waals surface area contributed by atoms with Crippen molar-refractivity contribution in [2.24, 2.45) is 0 Å². The van der Waals surface area contributed by atoms with E-state index < -0.39 is 11.5 Å². The summed E-state index contributed by atoms with van der Waals surface area (Å²) < 4.78 is 6.08. The molecule has 0 aliphatic heterocycles. The summed E-state index contributed by atoms with van der Waals surface area (Å²) in [7, 11) is 0. The minimum Gasteiger partial charge on any atom is -0.422 e. The summed E-state index contributed by atoms with van der Waals surface area (Å²) in [5.41, 5.74) is 0.845. The van der Waals surface area contributed by atoms with Crippen LogP contribution in [-0.2, 0) is 12.8 Å². The summed E-state index contributed by atoms with van der Waals surface area (Å²) in [5, 5.41) is 3.96. The Kier molecular flexibility index (Phi) is 3.97. The van der Waals surface area contributed by atoms with E-state index in [1.807, 2.05) is 0 Å². The molecule has 4 rings (SSSR count). The van der Waals surface area contributed by atoms with Crippen molar-refractivity contribution in [3.8, 4) is 0 Å². The van der Waals surface area contributed by atoms with Crippen LogP contribution < -0.4 is 10.9 Å². The van der Waals surface area contributed by atoms with Crippen LogP contribution in [0.3, 0.4) is 0 Å². The van der Waals surface area contributed by atoms with Crippen LogP contribution in [-0.4, -0.2) is 10.9 Å². The molecule has 7 heteroatoms. The molecule has 0 spiro atoms. The van der Waals surface area contributed by atoms with E-state index in [2.05, 4.69) is 26.2 Å². The van der Waals surface area contributed by atoms with Gasteiger partial charge in [0, 0.05) is 14.7 Å². The third kappa shape index (κ3) is 2.89. The van der Waals surface area contributed by atoms with Gasteiger partial charge in [0.05, 0.1) is 5.69 Å². The molecule has 0 unspecified atom stereocenters. The molecule has 0 atom stereocenters. The van der Waals surface area contributed by atoms with Crippen molar-refractivity contribution in [1.29, 1.82) is 0 Å². The molecule has 1 aliphatic rings. The number of amides is 1. The van der Waals surface area contributed by atoms with Crippen molar-refractivity contribution < 1.29 is 9.21 Å². The quantitative estimate of drug-likeness (QED) is 0.651. The number of nitrogens with one attached hydrogen (secondary N) is 1. The van der Waals surface area contributed by atoms with Crippen LogP contribution in [0.2, 0.25) is 0 Å². The number of halogens is 1. The summed E-state index contributed by atoms with van der Waals surface area (Å²) in [4.78, 5) is 30.2. The molecular formula is C17H13BrN2O3S. The smallest absolute Gasteiger partial charge is 0.349 e. The van der Waals surface area contributed by atoms with Gasteiger partial charge in [-0.15, -0.1) is 11.3 Å². The molecule has 3 aromatic rings. The molecular weight excluding hydrogens is 392 g/mol. The maximum Gasteiger partial charge on any atom is 0.349 e. The van der Waals surface area contributed by atoms with Crippen LogP contribution in [0.25, 0.3) is 11.0 Å². The minimum atomic E-state index is -0.649. The Morgan fingerprint density at radius 1 is 1.25 bits per heavy atom. The number of benzene rings is 1. The highest BCUT2D eigenvalue weighted by Crippen LogP contribution is 2.29. The maximum absolute atomic E-state index is 12.5.